The first-order valence-electron chi connectivity index (χ1n) is 9.84. The number of aliphatic hydroxyl groups is 1. The number of ether oxygens (including phenoxy) is 1. The summed E-state index contributed by atoms with van der Waals surface area (Å²) >= 11 is 1.51. The number of carbonyl (C=O) groups excluding carboxylic acids is 1. The molecule has 0 aromatic heterocycles. The molecule has 1 aromatic rings. The van der Waals surface area contributed by atoms with E-state index < -0.39 is 22.2 Å². The van der Waals surface area contributed by atoms with Crippen molar-refractivity contribution in [2.45, 2.75) is 50.9 Å². The maximum atomic E-state index is 13.1. The number of fused-ring (bicyclic) bond motifs is 5. The molecule has 29 heavy (non-hydrogen) atoms. The van der Waals surface area contributed by atoms with Crippen LogP contribution in [0, 0.1) is 10.8 Å². The van der Waals surface area contributed by atoms with Crippen LogP contribution >= 0.6 is 11.8 Å². The van der Waals surface area contributed by atoms with Crippen LogP contribution in [0.3, 0.4) is 0 Å². The number of hydrogen-bond donors (Lipinski definition) is 1. The molecule has 2 atom stereocenters. The predicted molar refractivity (Wildman–Crippen MR) is 112 cm³/mol. The van der Waals surface area contributed by atoms with Gasteiger partial charge in [0.15, 0.2) is 5.78 Å². The Morgan fingerprint density at radius 3 is 2.66 bits per heavy atom. The molecular weight excluding hydrogens is 386 g/mol. The normalized spacial score (nSPS) is 32.4. The summed E-state index contributed by atoms with van der Waals surface area (Å²) in [4.78, 5) is 20.7. The molecule has 0 unspecified atom stereocenters. The Morgan fingerprint density at radius 1 is 1.21 bits per heavy atom. The molecule has 5 rings (SSSR count). The number of benzene rings is 1. The summed E-state index contributed by atoms with van der Waals surface area (Å²) in [7, 11) is 0. The van der Waals surface area contributed by atoms with E-state index in [1.165, 1.54) is 11.8 Å². The number of rotatable bonds is 0. The fraction of sp³-hybridized carbons (Fsp3) is 0.435. The third kappa shape index (κ3) is 2.15. The third-order valence-electron chi connectivity index (χ3n) is 6.47. The summed E-state index contributed by atoms with van der Waals surface area (Å²) in [6.45, 7) is 10.2. The molecule has 4 aliphatic rings. The van der Waals surface area contributed by atoms with Gasteiger partial charge in [-0.1, -0.05) is 70.7 Å². The molecule has 1 N–H and O–H groups in total. The predicted octanol–water partition coefficient (Wildman–Crippen LogP) is 4.35. The molecule has 1 saturated heterocycles. The molecule has 1 fully saturated rings. The van der Waals surface area contributed by atoms with Crippen LogP contribution in [0.4, 0.5) is 5.69 Å². The van der Waals surface area contributed by atoms with Crippen LogP contribution in [0.2, 0.25) is 0 Å². The van der Waals surface area contributed by atoms with Crippen molar-refractivity contribution < 1.29 is 19.5 Å². The van der Waals surface area contributed by atoms with Crippen molar-refractivity contribution in [2.24, 2.45) is 10.8 Å². The molecule has 6 heteroatoms. The van der Waals surface area contributed by atoms with E-state index in [1.54, 1.807) is 17.2 Å². The van der Waals surface area contributed by atoms with E-state index in [2.05, 4.69) is 0 Å². The van der Waals surface area contributed by atoms with Crippen molar-refractivity contribution in [3.63, 3.8) is 0 Å². The van der Waals surface area contributed by atoms with Crippen LogP contribution in [0.15, 0.2) is 63.6 Å². The monoisotopic (exact) mass is 411 g/mol. The molecule has 1 spiro atoms. The van der Waals surface area contributed by atoms with Crippen molar-refractivity contribution in [3.8, 4) is 0 Å². The minimum atomic E-state index is -1.49. The van der Waals surface area contributed by atoms with E-state index in [1.807, 2.05) is 65.0 Å². The highest BCUT2D eigenvalue weighted by atomic mass is 32.2. The Morgan fingerprint density at radius 2 is 1.93 bits per heavy atom. The lowest BCUT2D eigenvalue weighted by Gasteiger charge is -2.55. The highest BCUT2D eigenvalue weighted by Gasteiger charge is 2.75. The van der Waals surface area contributed by atoms with E-state index in [-0.39, 0.29) is 5.78 Å². The van der Waals surface area contributed by atoms with Crippen molar-refractivity contribution in [3.05, 3.63) is 58.7 Å². The van der Waals surface area contributed by atoms with Gasteiger partial charge in [0, 0.05) is 15.9 Å². The van der Waals surface area contributed by atoms with Crippen molar-refractivity contribution in [1.29, 1.82) is 0 Å². The highest BCUT2D eigenvalue weighted by molar-refractivity contribution is 8.03. The van der Waals surface area contributed by atoms with Crippen LogP contribution < -0.4 is 5.06 Å². The molecule has 1 aliphatic carbocycles. The van der Waals surface area contributed by atoms with Gasteiger partial charge in [-0.15, -0.1) is 0 Å². The zero-order valence-corrected chi connectivity index (χ0v) is 18.1. The number of anilines is 1. The molecule has 1 aromatic carbocycles. The lowest BCUT2D eigenvalue weighted by Crippen LogP contribution is -2.69. The Bertz CT molecular complexity index is 1030. The average Bonchev–Trinajstić information content (AvgIpc) is 3.11. The molecule has 5 nitrogen and oxygen atoms in total. The molecule has 3 aliphatic heterocycles. The van der Waals surface area contributed by atoms with Gasteiger partial charge in [0.2, 0.25) is 0 Å². The molecule has 0 radical (unpaired) electrons. The van der Waals surface area contributed by atoms with E-state index >= 15 is 0 Å². The topological polar surface area (TPSA) is 59.0 Å². The Balaban J connectivity index is 1.82. The summed E-state index contributed by atoms with van der Waals surface area (Å²) in [5.74, 6) is -1.60. The summed E-state index contributed by atoms with van der Waals surface area (Å²) < 4.78 is 6.37. The number of nitrogens with zero attached hydrogens (tertiary/aromatic N) is 1. The summed E-state index contributed by atoms with van der Waals surface area (Å²) in [5.41, 5.74) is -0.605. The van der Waals surface area contributed by atoms with Crippen LogP contribution in [0.5, 0.6) is 0 Å². The van der Waals surface area contributed by atoms with Crippen LogP contribution in [0.1, 0.15) is 34.6 Å². The van der Waals surface area contributed by atoms with Crippen LogP contribution in [0.25, 0.3) is 0 Å². The number of ketones is 1. The second-order valence-electron chi connectivity index (χ2n) is 9.69. The second-order valence-corrected chi connectivity index (χ2v) is 10.7. The second kappa shape index (κ2) is 5.64. The first kappa shape index (κ1) is 19.1. The zero-order valence-electron chi connectivity index (χ0n) is 17.3. The fourth-order valence-electron chi connectivity index (χ4n) is 5.22. The molecule has 0 amide bonds. The minimum absolute atomic E-state index is 0.102. The van der Waals surface area contributed by atoms with Gasteiger partial charge in [0.1, 0.15) is 10.6 Å². The summed E-state index contributed by atoms with van der Waals surface area (Å²) in [6.07, 6.45) is 5.12. The standard InChI is InChI=1S/C23H25NO4S/c1-20(2,3)23(26)21(4,5)13-27-22(23)14-9-8-11-16(25)18(14)19-24(28-22)15-10-6-7-12-17(15)29-19/h6-12,26H,13H2,1-5H3/t22-,23+/m0/s1. The SMILES string of the molecule is CC(C)(C)[C@@]1(O)C(C)(C)CO[C@@]12ON1C(=C3C(=O)C=CC=C32)Sc2ccccc21. The minimum Gasteiger partial charge on any atom is -0.383 e. The Hall–Kier alpha value is -1.86. The van der Waals surface area contributed by atoms with Gasteiger partial charge in [-0.3, -0.25) is 4.79 Å². The summed E-state index contributed by atoms with van der Waals surface area (Å²) in [5, 5.41) is 14.7. The lowest BCUT2D eigenvalue weighted by molar-refractivity contribution is -0.298. The maximum Gasteiger partial charge on any atom is 0.251 e. The number of hydroxylamine groups is 1. The van der Waals surface area contributed by atoms with Gasteiger partial charge < -0.3 is 9.84 Å². The number of para-hydroxylation sites is 1. The smallest absolute Gasteiger partial charge is 0.251 e. The van der Waals surface area contributed by atoms with E-state index in [0.717, 1.165) is 15.6 Å². The average molecular weight is 412 g/mol. The van der Waals surface area contributed by atoms with Gasteiger partial charge in [0.05, 0.1) is 17.9 Å². The largest absolute Gasteiger partial charge is 0.383 e. The zero-order chi connectivity index (χ0) is 20.8. The van der Waals surface area contributed by atoms with Crippen molar-refractivity contribution in [2.75, 3.05) is 11.7 Å². The third-order valence-corrected chi connectivity index (χ3v) is 7.60. The lowest BCUT2D eigenvalue weighted by atomic mass is 9.57. The molecule has 0 saturated carbocycles. The van der Waals surface area contributed by atoms with Crippen molar-refractivity contribution >= 4 is 23.2 Å². The summed E-state index contributed by atoms with van der Waals surface area (Å²) in [6, 6.07) is 7.86. The maximum absolute atomic E-state index is 13.1. The molecule has 152 valence electrons. The molecule has 3 heterocycles. The molecule has 0 bridgehead atoms. The first-order valence-corrected chi connectivity index (χ1v) is 10.7. The van der Waals surface area contributed by atoms with Gasteiger partial charge >= 0.3 is 0 Å². The number of allylic oxidation sites excluding steroid dienone is 3. The van der Waals surface area contributed by atoms with Gasteiger partial charge in [0.25, 0.3) is 5.79 Å². The number of carbonyl (C=O) groups is 1. The Kier molecular flexibility index (Phi) is 3.72. The van der Waals surface area contributed by atoms with E-state index in [9.17, 15) is 9.90 Å². The van der Waals surface area contributed by atoms with Gasteiger partial charge in [-0.05, 0) is 23.6 Å². The Labute approximate surface area is 175 Å². The number of thioether (sulfide) groups is 1. The van der Waals surface area contributed by atoms with Gasteiger partial charge in [-0.25, -0.2) is 9.90 Å². The quantitative estimate of drug-likeness (QED) is 0.685. The van der Waals surface area contributed by atoms with E-state index in [0.29, 0.717) is 17.8 Å². The highest BCUT2D eigenvalue weighted by Crippen LogP contribution is 2.65. The molecular formula is C23H25NO4S. The number of hydrogen-bond acceptors (Lipinski definition) is 6. The fourth-order valence-corrected chi connectivity index (χ4v) is 6.37. The van der Waals surface area contributed by atoms with Gasteiger partial charge in [-0.2, -0.15) is 0 Å². The first-order chi connectivity index (χ1) is 13.5. The van der Waals surface area contributed by atoms with E-state index in [4.69, 9.17) is 9.57 Å². The van der Waals surface area contributed by atoms with Crippen molar-refractivity contribution in [1.82, 2.24) is 0 Å². The van der Waals surface area contributed by atoms with Crippen LogP contribution in [-0.2, 0) is 14.4 Å². The van der Waals surface area contributed by atoms with Crippen LogP contribution in [-0.4, -0.2) is 28.9 Å².